The molecule has 3 aromatic carbocycles. The molecule has 0 aliphatic heterocycles. The summed E-state index contributed by atoms with van der Waals surface area (Å²) in [5, 5.41) is 28.4. The summed E-state index contributed by atoms with van der Waals surface area (Å²) in [5.41, 5.74) is -1.67. The normalized spacial score (nSPS) is 10.4. The average Bonchev–Trinajstić information content (AvgIpc) is 2.83. The van der Waals surface area contributed by atoms with E-state index in [9.17, 15) is 34.5 Å². The maximum absolute atomic E-state index is 13.4. The van der Waals surface area contributed by atoms with Crippen molar-refractivity contribution in [2.24, 2.45) is 0 Å². The largest absolute Gasteiger partial charge is 0.492 e. The van der Waals surface area contributed by atoms with Gasteiger partial charge in [-0.25, -0.2) is 14.4 Å². The third-order valence-corrected chi connectivity index (χ3v) is 4.96. The number of rotatable bonds is 10. The summed E-state index contributed by atoms with van der Waals surface area (Å²) in [6.07, 6.45) is 0. The van der Waals surface area contributed by atoms with Crippen molar-refractivity contribution in [1.82, 2.24) is 4.90 Å². The number of nitrogens with zero attached hydrogens (tertiary/aromatic N) is 1. The Balaban J connectivity index is 1.98. The topological polar surface area (TPSA) is 141 Å². The van der Waals surface area contributed by atoms with E-state index in [-0.39, 0.29) is 19.7 Å². The van der Waals surface area contributed by atoms with Crippen LogP contribution in [0.2, 0.25) is 0 Å². The van der Waals surface area contributed by atoms with Crippen LogP contribution in [-0.4, -0.2) is 57.2 Å². The molecule has 0 aromatic heterocycles. The van der Waals surface area contributed by atoms with Gasteiger partial charge in [0.15, 0.2) is 0 Å². The van der Waals surface area contributed by atoms with Crippen molar-refractivity contribution in [3.8, 4) is 5.75 Å². The van der Waals surface area contributed by atoms with Crippen LogP contribution >= 0.6 is 0 Å². The van der Waals surface area contributed by atoms with Gasteiger partial charge in [0.2, 0.25) is 0 Å². The molecule has 0 radical (unpaired) electrons. The first-order chi connectivity index (χ1) is 16.3. The lowest BCUT2D eigenvalue weighted by Gasteiger charge is -2.24. The second-order valence-electron chi connectivity index (χ2n) is 7.23. The Labute approximate surface area is 194 Å². The van der Waals surface area contributed by atoms with E-state index in [0.717, 1.165) is 11.6 Å². The Morgan fingerprint density at radius 1 is 0.676 bits per heavy atom. The summed E-state index contributed by atoms with van der Waals surface area (Å²) in [6.45, 7) is 0.245. The Morgan fingerprint density at radius 3 is 1.68 bits per heavy atom. The predicted molar refractivity (Wildman–Crippen MR) is 120 cm³/mol. The zero-order chi connectivity index (χ0) is 24.7. The van der Waals surface area contributed by atoms with Crippen LogP contribution in [-0.2, 0) is 6.54 Å². The first-order valence-corrected chi connectivity index (χ1v) is 10.2. The first kappa shape index (κ1) is 24.0. The number of carbonyl (C=O) groups is 4. The smallest absolute Gasteiger partial charge is 0.336 e. The minimum absolute atomic E-state index is 0.0603. The van der Waals surface area contributed by atoms with Crippen LogP contribution in [0.4, 0.5) is 0 Å². The van der Waals surface area contributed by atoms with E-state index in [4.69, 9.17) is 4.74 Å². The number of benzene rings is 3. The Hall–Kier alpha value is -4.66. The van der Waals surface area contributed by atoms with Crippen molar-refractivity contribution in [1.29, 1.82) is 0 Å². The lowest BCUT2D eigenvalue weighted by molar-refractivity contribution is 0.0642. The van der Waals surface area contributed by atoms with Crippen molar-refractivity contribution in [2.75, 3.05) is 13.2 Å². The quantitative estimate of drug-likeness (QED) is 0.415. The molecule has 34 heavy (non-hydrogen) atoms. The molecule has 0 aliphatic carbocycles. The number of hydrogen-bond acceptors (Lipinski definition) is 5. The van der Waals surface area contributed by atoms with Gasteiger partial charge in [-0.3, -0.25) is 4.79 Å². The zero-order valence-electron chi connectivity index (χ0n) is 17.9. The molecule has 0 atom stereocenters. The van der Waals surface area contributed by atoms with Crippen molar-refractivity contribution in [3.63, 3.8) is 0 Å². The van der Waals surface area contributed by atoms with Crippen LogP contribution in [0.25, 0.3) is 0 Å². The number of para-hydroxylation sites is 1. The number of ether oxygens (including phenoxy) is 1. The van der Waals surface area contributed by atoms with Crippen molar-refractivity contribution in [3.05, 3.63) is 101 Å². The second-order valence-corrected chi connectivity index (χ2v) is 7.23. The number of aromatic carboxylic acids is 3. The highest BCUT2D eigenvalue weighted by molar-refractivity contribution is 6.10. The van der Waals surface area contributed by atoms with Gasteiger partial charge in [-0.05, 0) is 29.8 Å². The van der Waals surface area contributed by atoms with E-state index in [1.807, 2.05) is 6.07 Å². The molecular weight excluding hydrogens is 442 g/mol. The lowest BCUT2D eigenvalue weighted by atomic mass is 9.97. The van der Waals surface area contributed by atoms with Gasteiger partial charge >= 0.3 is 17.9 Å². The van der Waals surface area contributed by atoms with Crippen molar-refractivity contribution in [2.45, 2.75) is 6.54 Å². The summed E-state index contributed by atoms with van der Waals surface area (Å²) < 4.78 is 5.67. The van der Waals surface area contributed by atoms with Gasteiger partial charge in [0.05, 0.1) is 28.8 Å². The summed E-state index contributed by atoms with van der Waals surface area (Å²) in [7, 11) is 0. The molecule has 1 amide bonds. The highest BCUT2D eigenvalue weighted by Crippen LogP contribution is 2.21. The fraction of sp³-hybridized carbons (Fsp3) is 0.120. The highest BCUT2D eigenvalue weighted by Gasteiger charge is 2.28. The van der Waals surface area contributed by atoms with Gasteiger partial charge in [-0.2, -0.15) is 0 Å². The maximum atomic E-state index is 13.4. The van der Waals surface area contributed by atoms with E-state index >= 15 is 0 Å². The molecule has 0 heterocycles. The summed E-state index contributed by atoms with van der Waals surface area (Å²) in [6, 6.07) is 19.3. The van der Waals surface area contributed by atoms with E-state index < -0.39 is 46.1 Å². The Kier molecular flexibility index (Phi) is 7.60. The molecule has 3 rings (SSSR count). The van der Waals surface area contributed by atoms with Gasteiger partial charge in [0.1, 0.15) is 12.4 Å². The minimum Gasteiger partial charge on any atom is -0.492 e. The number of carboxylic acid groups (broad SMARTS) is 3. The standard InChI is InChI=1S/C25H21NO8/c27-22(18-13-20(24(30)31)21(25(32)33)14-19(18)23(28)29)26(15-16-7-3-1-4-8-16)11-12-34-17-9-5-2-6-10-17/h1-10,13-14H,11-12,15H2,(H,28,29)(H,30,31)(H,32,33). The van der Waals surface area contributed by atoms with Crippen LogP contribution < -0.4 is 4.74 Å². The van der Waals surface area contributed by atoms with Crippen LogP contribution in [0.1, 0.15) is 47.0 Å². The highest BCUT2D eigenvalue weighted by atomic mass is 16.5. The monoisotopic (exact) mass is 463 g/mol. The van der Waals surface area contributed by atoms with E-state index in [1.165, 1.54) is 4.90 Å². The molecule has 0 bridgehead atoms. The molecule has 0 saturated heterocycles. The number of hydrogen-bond donors (Lipinski definition) is 3. The molecule has 9 nitrogen and oxygen atoms in total. The van der Waals surface area contributed by atoms with E-state index in [1.54, 1.807) is 54.6 Å². The molecule has 9 heteroatoms. The number of carboxylic acids is 3. The van der Waals surface area contributed by atoms with Gasteiger partial charge in [0.25, 0.3) is 5.91 Å². The Morgan fingerprint density at radius 2 is 1.15 bits per heavy atom. The molecule has 0 unspecified atom stereocenters. The SMILES string of the molecule is O=C(O)c1cc(C(=O)O)c(C(=O)N(CCOc2ccccc2)Cc2ccccc2)cc1C(=O)O. The van der Waals surface area contributed by atoms with Crippen LogP contribution in [0.5, 0.6) is 5.75 Å². The van der Waals surface area contributed by atoms with E-state index in [2.05, 4.69) is 0 Å². The number of carbonyl (C=O) groups excluding carboxylic acids is 1. The molecule has 3 N–H and O–H groups in total. The summed E-state index contributed by atoms with van der Waals surface area (Å²) >= 11 is 0. The third kappa shape index (κ3) is 5.77. The lowest BCUT2D eigenvalue weighted by Crippen LogP contribution is -2.35. The number of amides is 1. The third-order valence-electron chi connectivity index (χ3n) is 4.96. The zero-order valence-corrected chi connectivity index (χ0v) is 17.9. The maximum Gasteiger partial charge on any atom is 0.336 e. The Bertz CT molecular complexity index is 1210. The molecule has 174 valence electrons. The molecule has 0 aliphatic rings. The van der Waals surface area contributed by atoms with Crippen LogP contribution in [0, 0.1) is 0 Å². The van der Waals surface area contributed by atoms with Crippen LogP contribution in [0.3, 0.4) is 0 Å². The first-order valence-electron chi connectivity index (χ1n) is 10.2. The van der Waals surface area contributed by atoms with Crippen molar-refractivity contribution < 1.29 is 39.2 Å². The van der Waals surface area contributed by atoms with Crippen molar-refractivity contribution >= 4 is 23.8 Å². The molecular formula is C25H21NO8. The van der Waals surface area contributed by atoms with Crippen LogP contribution in [0.15, 0.2) is 72.8 Å². The molecule has 0 saturated carbocycles. The minimum atomic E-state index is -1.61. The fourth-order valence-corrected chi connectivity index (χ4v) is 3.32. The van der Waals surface area contributed by atoms with Gasteiger partial charge in [-0.15, -0.1) is 0 Å². The van der Waals surface area contributed by atoms with E-state index in [0.29, 0.717) is 11.8 Å². The molecule has 0 spiro atoms. The molecule has 0 fully saturated rings. The van der Waals surface area contributed by atoms with Gasteiger partial charge < -0.3 is 25.0 Å². The van der Waals surface area contributed by atoms with Gasteiger partial charge in [0, 0.05) is 6.54 Å². The summed E-state index contributed by atoms with van der Waals surface area (Å²) in [4.78, 5) is 49.7. The fourth-order valence-electron chi connectivity index (χ4n) is 3.32. The summed E-state index contributed by atoms with van der Waals surface area (Å²) in [5.74, 6) is -4.94. The average molecular weight is 463 g/mol. The van der Waals surface area contributed by atoms with Gasteiger partial charge in [-0.1, -0.05) is 48.5 Å². The molecule has 3 aromatic rings. The second kappa shape index (κ2) is 10.8. The predicted octanol–water partition coefficient (Wildman–Crippen LogP) is 3.50.